The van der Waals surface area contributed by atoms with Gasteiger partial charge in [-0.2, -0.15) is 0 Å². The van der Waals surface area contributed by atoms with Crippen molar-refractivity contribution in [3.63, 3.8) is 0 Å². The number of hydrogen-bond acceptors (Lipinski definition) is 3. The van der Waals surface area contributed by atoms with Crippen LogP contribution in [0.5, 0.6) is 0 Å². The molecular formula is C10H14N2O2S. The molecule has 0 atom stereocenters. The van der Waals surface area contributed by atoms with Crippen LogP contribution in [-0.2, 0) is 4.74 Å². The van der Waals surface area contributed by atoms with Gasteiger partial charge in [-0.05, 0) is 26.8 Å². The molecule has 0 saturated carbocycles. The van der Waals surface area contributed by atoms with E-state index < -0.39 is 6.09 Å². The number of alkyl carbamates (subject to hydrolysis) is 1. The third kappa shape index (κ3) is 3.06. The maximum absolute atomic E-state index is 11.1. The van der Waals surface area contributed by atoms with Crippen LogP contribution in [0.25, 0.3) is 0 Å². The molecule has 0 saturated heterocycles. The van der Waals surface area contributed by atoms with Crippen LogP contribution >= 0.6 is 12.2 Å². The summed E-state index contributed by atoms with van der Waals surface area (Å²) in [6, 6.07) is 1.89. The molecule has 1 rings (SSSR count). The van der Waals surface area contributed by atoms with Gasteiger partial charge in [-0.15, -0.1) is 0 Å². The minimum absolute atomic E-state index is 0.333. The van der Waals surface area contributed by atoms with Crippen molar-refractivity contribution in [3.05, 3.63) is 23.0 Å². The smallest absolute Gasteiger partial charge is 0.412 e. The minimum atomic E-state index is -0.513. The SMILES string of the molecule is CCOC(=O)NC(=S)c1cc(C)[nH]c1C. The highest BCUT2D eigenvalue weighted by molar-refractivity contribution is 7.80. The van der Waals surface area contributed by atoms with Gasteiger partial charge in [-0.25, -0.2) is 4.79 Å². The lowest BCUT2D eigenvalue weighted by Gasteiger charge is -2.05. The first-order chi connectivity index (χ1) is 7.04. The number of nitrogens with one attached hydrogen (secondary N) is 2. The average molecular weight is 226 g/mol. The predicted octanol–water partition coefficient (Wildman–Crippen LogP) is 2.05. The van der Waals surface area contributed by atoms with Crippen molar-refractivity contribution in [1.29, 1.82) is 0 Å². The van der Waals surface area contributed by atoms with Crippen LogP contribution in [0.15, 0.2) is 6.07 Å². The van der Waals surface area contributed by atoms with E-state index in [0.717, 1.165) is 17.0 Å². The van der Waals surface area contributed by atoms with E-state index in [0.29, 0.717) is 11.6 Å². The zero-order valence-electron chi connectivity index (χ0n) is 9.01. The van der Waals surface area contributed by atoms with E-state index in [4.69, 9.17) is 17.0 Å². The Labute approximate surface area is 94.0 Å². The van der Waals surface area contributed by atoms with Crippen LogP contribution < -0.4 is 5.32 Å². The molecule has 5 heteroatoms. The topological polar surface area (TPSA) is 54.1 Å². The molecule has 1 heterocycles. The number of rotatable bonds is 2. The normalized spacial score (nSPS) is 9.80. The first kappa shape index (κ1) is 11.7. The van der Waals surface area contributed by atoms with E-state index in [1.54, 1.807) is 6.92 Å². The van der Waals surface area contributed by atoms with Crippen molar-refractivity contribution >= 4 is 23.3 Å². The van der Waals surface area contributed by atoms with E-state index >= 15 is 0 Å². The molecule has 0 bridgehead atoms. The number of carbonyl (C=O) groups is 1. The standard InChI is InChI=1S/C10H14N2O2S/c1-4-14-10(13)12-9(15)8-5-6(2)11-7(8)3/h5,11H,4H2,1-3H3,(H,12,13,15). The molecule has 0 spiro atoms. The highest BCUT2D eigenvalue weighted by Crippen LogP contribution is 2.09. The molecule has 0 aliphatic carbocycles. The molecule has 0 unspecified atom stereocenters. The van der Waals surface area contributed by atoms with Crippen LogP contribution in [-0.4, -0.2) is 22.7 Å². The summed E-state index contributed by atoms with van der Waals surface area (Å²) in [5.74, 6) is 0. The number of hydrogen-bond donors (Lipinski definition) is 2. The van der Waals surface area contributed by atoms with Crippen molar-refractivity contribution < 1.29 is 9.53 Å². The summed E-state index contributed by atoms with van der Waals surface area (Å²) >= 11 is 5.08. The number of amides is 1. The van der Waals surface area contributed by atoms with Gasteiger partial charge in [0, 0.05) is 17.0 Å². The van der Waals surface area contributed by atoms with Gasteiger partial charge in [0.1, 0.15) is 4.99 Å². The first-order valence-corrected chi connectivity index (χ1v) is 5.09. The van der Waals surface area contributed by atoms with Gasteiger partial charge in [-0.1, -0.05) is 12.2 Å². The summed E-state index contributed by atoms with van der Waals surface area (Å²) < 4.78 is 4.73. The third-order valence-corrected chi connectivity index (χ3v) is 2.21. The molecule has 0 aliphatic rings. The minimum Gasteiger partial charge on any atom is -0.450 e. The van der Waals surface area contributed by atoms with Gasteiger partial charge in [-0.3, -0.25) is 5.32 Å². The Bertz CT molecular complexity index is 385. The van der Waals surface area contributed by atoms with Crippen molar-refractivity contribution in [2.24, 2.45) is 0 Å². The highest BCUT2D eigenvalue weighted by atomic mass is 32.1. The van der Waals surface area contributed by atoms with E-state index in [-0.39, 0.29) is 0 Å². The van der Waals surface area contributed by atoms with Gasteiger partial charge in [0.25, 0.3) is 0 Å². The molecular weight excluding hydrogens is 212 g/mol. The van der Waals surface area contributed by atoms with Crippen LogP contribution in [0.1, 0.15) is 23.9 Å². The van der Waals surface area contributed by atoms with Gasteiger partial charge < -0.3 is 9.72 Å². The first-order valence-electron chi connectivity index (χ1n) is 4.69. The lowest BCUT2D eigenvalue weighted by Crippen LogP contribution is -2.30. The van der Waals surface area contributed by atoms with Gasteiger partial charge in [0.2, 0.25) is 0 Å². The second-order valence-corrected chi connectivity index (χ2v) is 3.57. The Balaban J connectivity index is 2.69. The van der Waals surface area contributed by atoms with Crippen molar-refractivity contribution in [1.82, 2.24) is 10.3 Å². The number of aromatic nitrogens is 1. The maximum atomic E-state index is 11.1. The lowest BCUT2D eigenvalue weighted by molar-refractivity contribution is 0.158. The second-order valence-electron chi connectivity index (χ2n) is 3.17. The van der Waals surface area contributed by atoms with Gasteiger partial charge >= 0.3 is 6.09 Å². The fourth-order valence-corrected chi connectivity index (χ4v) is 1.58. The van der Waals surface area contributed by atoms with Crippen LogP contribution in [0.2, 0.25) is 0 Å². The van der Waals surface area contributed by atoms with E-state index in [2.05, 4.69) is 10.3 Å². The van der Waals surface area contributed by atoms with Crippen LogP contribution in [0, 0.1) is 13.8 Å². The zero-order valence-corrected chi connectivity index (χ0v) is 9.83. The summed E-state index contributed by atoms with van der Waals surface area (Å²) in [6.45, 7) is 5.92. The summed E-state index contributed by atoms with van der Waals surface area (Å²) in [5.41, 5.74) is 2.78. The summed E-state index contributed by atoms with van der Waals surface area (Å²) in [5, 5.41) is 2.50. The Morgan fingerprint density at radius 1 is 1.60 bits per heavy atom. The highest BCUT2D eigenvalue weighted by Gasteiger charge is 2.10. The van der Waals surface area contributed by atoms with Crippen molar-refractivity contribution in [2.75, 3.05) is 6.61 Å². The van der Waals surface area contributed by atoms with Crippen molar-refractivity contribution in [3.8, 4) is 0 Å². The molecule has 82 valence electrons. The lowest BCUT2D eigenvalue weighted by atomic mass is 10.2. The number of carbonyl (C=O) groups excluding carboxylic acids is 1. The maximum Gasteiger partial charge on any atom is 0.412 e. The van der Waals surface area contributed by atoms with Crippen LogP contribution in [0.4, 0.5) is 4.79 Å². The molecule has 0 fully saturated rings. The van der Waals surface area contributed by atoms with E-state index in [1.807, 2.05) is 19.9 Å². The van der Waals surface area contributed by atoms with Gasteiger partial charge in [0.05, 0.1) is 6.61 Å². The number of H-pyrrole nitrogens is 1. The number of thiocarbonyl (C=S) groups is 1. The molecule has 0 radical (unpaired) electrons. The summed E-state index contributed by atoms with van der Waals surface area (Å²) in [7, 11) is 0. The Morgan fingerprint density at radius 3 is 2.73 bits per heavy atom. The fourth-order valence-electron chi connectivity index (χ4n) is 1.29. The second kappa shape index (κ2) is 4.93. The molecule has 1 aromatic rings. The zero-order chi connectivity index (χ0) is 11.4. The van der Waals surface area contributed by atoms with Crippen LogP contribution in [0.3, 0.4) is 0 Å². The molecule has 4 nitrogen and oxygen atoms in total. The molecule has 0 aromatic carbocycles. The molecule has 0 aliphatic heterocycles. The summed E-state index contributed by atoms with van der Waals surface area (Å²) in [4.78, 5) is 14.6. The third-order valence-electron chi connectivity index (χ3n) is 1.89. The number of ether oxygens (including phenoxy) is 1. The fraction of sp³-hybridized carbons (Fsp3) is 0.400. The quantitative estimate of drug-likeness (QED) is 0.759. The monoisotopic (exact) mass is 226 g/mol. The van der Waals surface area contributed by atoms with Gasteiger partial charge in [0.15, 0.2) is 0 Å². The average Bonchev–Trinajstić information content (AvgIpc) is 2.45. The largest absolute Gasteiger partial charge is 0.450 e. The number of aryl methyl sites for hydroxylation is 2. The Morgan fingerprint density at radius 2 is 2.27 bits per heavy atom. The molecule has 15 heavy (non-hydrogen) atoms. The van der Waals surface area contributed by atoms with Crippen molar-refractivity contribution in [2.45, 2.75) is 20.8 Å². The molecule has 1 aromatic heterocycles. The predicted molar refractivity (Wildman–Crippen MR) is 62.1 cm³/mol. The Hall–Kier alpha value is -1.36. The molecule has 1 amide bonds. The van der Waals surface area contributed by atoms with E-state index in [9.17, 15) is 4.79 Å². The van der Waals surface area contributed by atoms with E-state index in [1.165, 1.54) is 0 Å². The summed E-state index contributed by atoms with van der Waals surface area (Å²) in [6.07, 6.45) is -0.513. The number of aromatic amines is 1. The molecule has 2 N–H and O–H groups in total. The Kier molecular flexibility index (Phi) is 3.85.